The molecule has 0 saturated heterocycles. The van der Waals surface area contributed by atoms with Gasteiger partial charge in [-0.2, -0.15) is 13.2 Å². The number of hydrogen-bond donors (Lipinski definition) is 2. The fraction of sp³-hybridized carbons (Fsp3) is 0.200. The van der Waals surface area contributed by atoms with Crippen molar-refractivity contribution in [2.45, 2.75) is 19.3 Å². The Morgan fingerprint density at radius 1 is 1.26 bits per heavy atom. The van der Waals surface area contributed by atoms with Gasteiger partial charge < -0.3 is 15.5 Å². The number of nitrogens with two attached hydrogens (primary N) is 1. The molecule has 120 valence electrons. The van der Waals surface area contributed by atoms with Gasteiger partial charge >= 0.3 is 6.18 Å². The van der Waals surface area contributed by atoms with E-state index < -0.39 is 11.7 Å². The average molecular weight is 321 g/mol. The SMILES string of the molecule is NCc1cn2ccnc2c(NCc2cccc(C(F)(F)F)c2)n1. The van der Waals surface area contributed by atoms with Crippen LogP contribution in [0.5, 0.6) is 0 Å². The number of rotatable bonds is 4. The highest BCUT2D eigenvalue weighted by molar-refractivity contribution is 5.62. The zero-order valence-electron chi connectivity index (χ0n) is 12.0. The smallest absolute Gasteiger partial charge is 0.363 e. The van der Waals surface area contributed by atoms with E-state index in [1.54, 1.807) is 29.1 Å². The van der Waals surface area contributed by atoms with Gasteiger partial charge in [-0.15, -0.1) is 0 Å². The van der Waals surface area contributed by atoms with E-state index in [0.717, 1.165) is 12.1 Å². The molecule has 23 heavy (non-hydrogen) atoms. The van der Waals surface area contributed by atoms with Crippen molar-refractivity contribution in [2.75, 3.05) is 5.32 Å². The Morgan fingerprint density at radius 2 is 2.09 bits per heavy atom. The van der Waals surface area contributed by atoms with Crippen LogP contribution in [0.25, 0.3) is 5.65 Å². The summed E-state index contributed by atoms with van der Waals surface area (Å²) in [6.45, 7) is 0.458. The van der Waals surface area contributed by atoms with Crippen LogP contribution in [0.3, 0.4) is 0 Å². The van der Waals surface area contributed by atoms with E-state index in [9.17, 15) is 13.2 Å². The predicted molar refractivity (Wildman–Crippen MR) is 79.6 cm³/mol. The van der Waals surface area contributed by atoms with E-state index in [2.05, 4.69) is 15.3 Å². The lowest BCUT2D eigenvalue weighted by Gasteiger charge is -2.11. The third kappa shape index (κ3) is 3.26. The second-order valence-electron chi connectivity index (χ2n) is 4.99. The standard InChI is InChI=1S/C15H14F3N5/c16-15(17,18)11-3-1-2-10(6-11)8-21-13-14-20-4-5-23(14)9-12(7-19)22-13/h1-6,9H,7-8,19H2,(H,21,22). The molecule has 3 aromatic rings. The van der Waals surface area contributed by atoms with Gasteiger partial charge in [-0.1, -0.05) is 12.1 Å². The molecule has 5 nitrogen and oxygen atoms in total. The number of nitrogens with zero attached hydrogens (tertiary/aromatic N) is 3. The number of halogens is 3. The van der Waals surface area contributed by atoms with Gasteiger partial charge in [-0.25, -0.2) is 9.97 Å². The molecule has 3 rings (SSSR count). The summed E-state index contributed by atoms with van der Waals surface area (Å²) in [4.78, 5) is 8.52. The number of anilines is 1. The maximum atomic E-state index is 12.7. The van der Waals surface area contributed by atoms with E-state index in [1.807, 2.05) is 0 Å². The summed E-state index contributed by atoms with van der Waals surface area (Å²) >= 11 is 0. The number of alkyl halides is 3. The van der Waals surface area contributed by atoms with Crippen LogP contribution in [0.1, 0.15) is 16.8 Å². The summed E-state index contributed by atoms with van der Waals surface area (Å²) in [5, 5.41) is 3.03. The molecular formula is C15H14F3N5. The lowest BCUT2D eigenvalue weighted by Crippen LogP contribution is -2.10. The molecule has 0 unspecified atom stereocenters. The fourth-order valence-electron chi connectivity index (χ4n) is 2.24. The second kappa shape index (κ2) is 5.88. The maximum Gasteiger partial charge on any atom is 0.416 e. The first-order chi connectivity index (χ1) is 11.0. The van der Waals surface area contributed by atoms with Crippen LogP contribution in [-0.2, 0) is 19.3 Å². The molecule has 0 aliphatic heterocycles. The lowest BCUT2D eigenvalue weighted by molar-refractivity contribution is -0.137. The van der Waals surface area contributed by atoms with Gasteiger partial charge in [-0.3, -0.25) is 0 Å². The molecule has 0 amide bonds. The molecule has 0 fully saturated rings. The van der Waals surface area contributed by atoms with Crippen LogP contribution in [0.2, 0.25) is 0 Å². The Balaban J connectivity index is 1.85. The van der Waals surface area contributed by atoms with Crippen LogP contribution in [-0.4, -0.2) is 14.4 Å². The summed E-state index contributed by atoms with van der Waals surface area (Å²) < 4.78 is 40.0. The molecule has 0 aliphatic carbocycles. The van der Waals surface area contributed by atoms with Crippen molar-refractivity contribution >= 4 is 11.5 Å². The molecule has 0 saturated carbocycles. The summed E-state index contributed by atoms with van der Waals surface area (Å²) in [6, 6.07) is 5.17. The minimum absolute atomic E-state index is 0.202. The molecule has 0 aliphatic rings. The number of imidazole rings is 1. The third-order valence-electron chi connectivity index (χ3n) is 3.35. The van der Waals surface area contributed by atoms with Crippen molar-refractivity contribution in [2.24, 2.45) is 5.73 Å². The van der Waals surface area contributed by atoms with E-state index in [4.69, 9.17) is 5.73 Å². The van der Waals surface area contributed by atoms with Crippen LogP contribution >= 0.6 is 0 Å². The first kappa shape index (κ1) is 15.3. The fourth-order valence-corrected chi connectivity index (χ4v) is 2.24. The number of fused-ring (bicyclic) bond motifs is 1. The monoisotopic (exact) mass is 321 g/mol. The normalized spacial score (nSPS) is 11.8. The highest BCUT2D eigenvalue weighted by Gasteiger charge is 2.30. The highest BCUT2D eigenvalue weighted by atomic mass is 19.4. The lowest BCUT2D eigenvalue weighted by atomic mass is 10.1. The van der Waals surface area contributed by atoms with Gasteiger partial charge in [0.1, 0.15) is 0 Å². The van der Waals surface area contributed by atoms with Crippen molar-refractivity contribution in [3.05, 3.63) is 59.7 Å². The Bertz CT molecular complexity index is 825. The summed E-state index contributed by atoms with van der Waals surface area (Å²) in [5.41, 5.74) is 6.68. The van der Waals surface area contributed by atoms with E-state index in [1.165, 1.54) is 6.07 Å². The highest BCUT2D eigenvalue weighted by Crippen LogP contribution is 2.29. The van der Waals surface area contributed by atoms with Gasteiger partial charge in [0.2, 0.25) is 0 Å². The molecule has 3 N–H and O–H groups in total. The number of nitrogens with one attached hydrogen (secondary N) is 1. The van der Waals surface area contributed by atoms with Crippen LogP contribution < -0.4 is 11.1 Å². The molecular weight excluding hydrogens is 307 g/mol. The van der Waals surface area contributed by atoms with Gasteiger partial charge in [0.05, 0.1) is 11.3 Å². The molecule has 1 aromatic carbocycles. The van der Waals surface area contributed by atoms with E-state index >= 15 is 0 Å². The first-order valence-electron chi connectivity index (χ1n) is 6.90. The summed E-state index contributed by atoms with van der Waals surface area (Å²) in [7, 11) is 0. The molecule has 2 heterocycles. The topological polar surface area (TPSA) is 68.2 Å². The number of hydrogen-bond acceptors (Lipinski definition) is 4. The molecule has 0 radical (unpaired) electrons. The Morgan fingerprint density at radius 3 is 2.83 bits per heavy atom. The molecule has 0 bridgehead atoms. The maximum absolute atomic E-state index is 12.7. The van der Waals surface area contributed by atoms with Crippen LogP contribution in [0, 0.1) is 0 Å². The minimum Gasteiger partial charge on any atom is -0.363 e. The van der Waals surface area contributed by atoms with Crippen molar-refractivity contribution in [3.8, 4) is 0 Å². The second-order valence-corrected chi connectivity index (χ2v) is 4.99. The third-order valence-corrected chi connectivity index (χ3v) is 3.35. The Hall–Kier alpha value is -2.61. The predicted octanol–water partition coefficient (Wildman–Crippen LogP) is 2.82. The van der Waals surface area contributed by atoms with Crippen molar-refractivity contribution in [1.82, 2.24) is 14.4 Å². The number of aromatic nitrogens is 3. The van der Waals surface area contributed by atoms with Crippen molar-refractivity contribution in [1.29, 1.82) is 0 Å². The van der Waals surface area contributed by atoms with Gasteiger partial charge in [0.25, 0.3) is 0 Å². The summed E-state index contributed by atoms with van der Waals surface area (Å²) in [5.74, 6) is 0.482. The minimum atomic E-state index is -4.36. The quantitative estimate of drug-likeness (QED) is 0.775. The first-order valence-corrected chi connectivity index (χ1v) is 6.90. The van der Waals surface area contributed by atoms with Crippen molar-refractivity contribution < 1.29 is 13.2 Å². The van der Waals surface area contributed by atoms with Crippen LogP contribution in [0.15, 0.2) is 42.9 Å². The van der Waals surface area contributed by atoms with E-state index in [0.29, 0.717) is 22.7 Å². The van der Waals surface area contributed by atoms with Crippen LogP contribution in [0.4, 0.5) is 19.0 Å². The largest absolute Gasteiger partial charge is 0.416 e. The molecule has 8 heteroatoms. The zero-order valence-corrected chi connectivity index (χ0v) is 12.0. The Labute approximate surface area is 130 Å². The number of benzene rings is 1. The summed E-state index contributed by atoms with van der Waals surface area (Å²) in [6.07, 6.45) is 0.778. The van der Waals surface area contributed by atoms with Gasteiger partial charge in [0, 0.05) is 31.7 Å². The molecule has 0 atom stereocenters. The zero-order chi connectivity index (χ0) is 16.4. The Kier molecular flexibility index (Phi) is 3.91. The van der Waals surface area contributed by atoms with Crippen molar-refractivity contribution in [3.63, 3.8) is 0 Å². The van der Waals surface area contributed by atoms with Gasteiger partial charge in [0.15, 0.2) is 11.5 Å². The molecule has 0 spiro atoms. The van der Waals surface area contributed by atoms with Gasteiger partial charge in [-0.05, 0) is 17.7 Å². The average Bonchev–Trinajstić information content (AvgIpc) is 3.00. The van der Waals surface area contributed by atoms with E-state index in [-0.39, 0.29) is 13.1 Å². The molecule has 2 aromatic heterocycles.